The van der Waals surface area contributed by atoms with Crippen molar-refractivity contribution in [1.82, 2.24) is 20.0 Å². The third-order valence-corrected chi connectivity index (χ3v) is 8.34. The van der Waals surface area contributed by atoms with Gasteiger partial charge in [-0.1, -0.05) is 20.8 Å². The molecule has 3 aliphatic rings. The van der Waals surface area contributed by atoms with E-state index in [0.29, 0.717) is 36.9 Å². The van der Waals surface area contributed by atoms with Gasteiger partial charge >= 0.3 is 0 Å². The number of likely N-dealkylation sites (tertiary alicyclic amines) is 1. The zero-order valence-corrected chi connectivity index (χ0v) is 21.3. The monoisotopic (exact) mass is 438 g/mol. The van der Waals surface area contributed by atoms with Gasteiger partial charge in [-0.15, -0.1) is 0 Å². The summed E-state index contributed by atoms with van der Waals surface area (Å²) < 4.78 is 15.6. The number of piperidine rings is 1. The van der Waals surface area contributed by atoms with Crippen LogP contribution in [0.15, 0.2) is 0 Å². The van der Waals surface area contributed by atoms with E-state index in [2.05, 4.69) is 47.7 Å². The Morgan fingerprint density at radius 3 is 2.16 bits per heavy atom. The Labute approximate surface area is 192 Å². The Bertz CT molecular complexity index is 520. The zero-order chi connectivity index (χ0) is 22.5. The summed E-state index contributed by atoms with van der Waals surface area (Å²) in [7, 11) is 0. The van der Waals surface area contributed by atoms with E-state index in [1.165, 1.54) is 58.3 Å². The number of rotatable bonds is 12. The van der Waals surface area contributed by atoms with Gasteiger partial charge in [-0.05, 0) is 89.8 Å². The Hall–Kier alpha value is -0.230. The molecule has 0 aromatic rings. The molecule has 0 amide bonds. The first-order valence-corrected chi connectivity index (χ1v) is 13.3. The molecule has 2 saturated heterocycles. The molecule has 0 aromatic carbocycles. The van der Waals surface area contributed by atoms with Gasteiger partial charge in [0.1, 0.15) is 5.67 Å². The fraction of sp³-hybridized carbons (Fsp3) is 1.00. The minimum atomic E-state index is -1.04. The Kier molecular flexibility index (Phi) is 9.23. The van der Waals surface area contributed by atoms with Crippen LogP contribution in [0.4, 0.5) is 4.39 Å². The predicted octanol–water partition coefficient (Wildman–Crippen LogP) is 4.40. The molecule has 0 radical (unpaired) electrons. The third-order valence-electron chi connectivity index (χ3n) is 8.34. The molecule has 1 unspecified atom stereocenters. The lowest BCUT2D eigenvalue weighted by Gasteiger charge is -2.44. The van der Waals surface area contributed by atoms with Crippen molar-refractivity contribution in [2.75, 3.05) is 58.9 Å². The van der Waals surface area contributed by atoms with Gasteiger partial charge in [0.05, 0.1) is 0 Å². The van der Waals surface area contributed by atoms with Crippen molar-refractivity contribution in [1.29, 1.82) is 0 Å². The molecule has 182 valence electrons. The summed E-state index contributed by atoms with van der Waals surface area (Å²) in [6.07, 6.45) is 7.72. The van der Waals surface area contributed by atoms with Gasteiger partial charge < -0.3 is 10.2 Å². The first-order valence-electron chi connectivity index (χ1n) is 13.3. The van der Waals surface area contributed by atoms with Crippen LogP contribution in [0.3, 0.4) is 0 Å². The summed E-state index contributed by atoms with van der Waals surface area (Å²) in [6.45, 7) is 20.7. The second kappa shape index (κ2) is 11.3. The lowest BCUT2D eigenvalue weighted by Crippen LogP contribution is -2.55. The van der Waals surface area contributed by atoms with Crippen LogP contribution >= 0.6 is 0 Å². The maximum absolute atomic E-state index is 15.6. The lowest BCUT2D eigenvalue weighted by molar-refractivity contribution is 0.0255. The molecule has 2 aliphatic heterocycles. The predicted molar refractivity (Wildman–Crippen MR) is 130 cm³/mol. The van der Waals surface area contributed by atoms with Gasteiger partial charge in [-0.25, -0.2) is 4.39 Å². The first kappa shape index (κ1) is 25.4. The topological polar surface area (TPSA) is 21.8 Å². The van der Waals surface area contributed by atoms with Crippen molar-refractivity contribution in [3.05, 3.63) is 0 Å². The molecule has 1 aliphatic carbocycles. The van der Waals surface area contributed by atoms with E-state index >= 15 is 4.39 Å². The Morgan fingerprint density at radius 2 is 1.65 bits per heavy atom. The summed E-state index contributed by atoms with van der Waals surface area (Å²) in [5.41, 5.74) is -0.515. The second-order valence-electron chi connectivity index (χ2n) is 11.7. The number of hydrogen-bond acceptors (Lipinski definition) is 4. The van der Waals surface area contributed by atoms with Crippen LogP contribution in [0.2, 0.25) is 0 Å². The van der Waals surface area contributed by atoms with Gasteiger partial charge in [0.2, 0.25) is 0 Å². The van der Waals surface area contributed by atoms with Gasteiger partial charge in [0.15, 0.2) is 0 Å². The maximum Gasteiger partial charge on any atom is 0.124 e. The molecule has 1 saturated carbocycles. The first-order chi connectivity index (χ1) is 14.7. The van der Waals surface area contributed by atoms with Gasteiger partial charge in [-0.3, -0.25) is 9.80 Å². The number of nitrogens with one attached hydrogen (secondary N) is 1. The van der Waals surface area contributed by atoms with Crippen molar-refractivity contribution in [2.24, 2.45) is 11.3 Å². The molecule has 3 rings (SSSR count). The number of alkyl halides is 1. The highest BCUT2D eigenvalue weighted by Gasteiger charge is 2.42. The van der Waals surface area contributed by atoms with Crippen LogP contribution in [0.25, 0.3) is 0 Å². The maximum atomic E-state index is 15.6. The van der Waals surface area contributed by atoms with E-state index in [0.717, 1.165) is 32.1 Å². The van der Waals surface area contributed by atoms with Crippen molar-refractivity contribution in [3.63, 3.8) is 0 Å². The van der Waals surface area contributed by atoms with Crippen molar-refractivity contribution in [3.8, 4) is 0 Å². The summed E-state index contributed by atoms with van der Waals surface area (Å²) in [5, 5.41) is 3.61. The van der Waals surface area contributed by atoms with Crippen LogP contribution in [-0.4, -0.2) is 91.4 Å². The standard InChI is InChI=1S/C26H51FN4/c1-6-26(27,11-12-28-20-25(9-10-25)19-22(2)3)21-29-13-7-24(8-14-29)31-17-15-30(16-18-31)23(4)5/h22-24,28H,6-21H2,1-5H3. The highest BCUT2D eigenvalue weighted by Crippen LogP contribution is 2.50. The molecule has 3 fully saturated rings. The number of piperazine rings is 1. The van der Waals surface area contributed by atoms with Gasteiger partial charge in [0.25, 0.3) is 0 Å². The molecule has 4 nitrogen and oxygen atoms in total. The molecular weight excluding hydrogens is 387 g/mol. The Balaban J connectivity index is 1.34. The molecule has 0 spiro atoms. The largest absolute Gasteiger partial charge is 0.316 e. The van der Waals surface area contributed by atoms with Crippen molar-refractivity contribution < 1.29 is 4.39 Å². The van der Waals surface area contributed by atoms with Crippen molar-refractivity contribution >= 4 is 0 Å². The second-order valence-corrected chi connectivity index (χ2v) is 11.7. The zero-order valence-electron chi connectivity index (χ0n) is 21.3. The highest BCUT2D eigenvalue weighted by atomic mass is 19.1. The number of nitrogens with zero attached hydrogens (tertiary/aromatic N) is 3. The van der Waals surface area contributed by atoms with E-state index in [9.17, 15) is 0 Å². The average molecular weight is 439 g/mol. The highest BCUT2D eigenvalue weighted by molar-refractivity contribution is 4.96. The van der Waals surface area contributed by atoms with Crippen LogP contribution in [0.5, 0.6) is 0 Å². The molecule has 1 atom stereocenters. The minimum Gasteiger partial charge on any atom is -0.316 e. The third kappa shape index (κ3) is 7.65. The number of halogens is 1. The number of hydrogen-bond donors (Lipinski definition) is 1. The van der Waals surface area contributed by atoms with E-state index < -0.39 is 5.67 Å². The normalized spacial score (nSPS) is 25.9. The molecule has 1 N–H and O–H groups in total. The summed E-state index contributed by atoms with van der Waals surface area (Å²) in [4.78, 5) is 7.70. The lowest BCUT2D eigenvalue weighted by atomic mass is 9.93. The van der Waals surface area contributed by atoms with E-state index in [1.807, 2.05) is 6.92 Å². The molecule has 5 heteroatoms. The van der Waals surface area contributed by atoms with Crippen molar-refractivity contribution in [2.45, 2.75) is 97.3 Å². The van der Waals surface area contributed by atoms with Crippen LogP contribution < -0.4 is 5.32 Å². The quantitative estimate of drug-likeness (QED) is 0.456. The van der Waals surface area contributed by atoms with E-state index in [-0.39, 0.29) is 0 Å². The SMILES string of the molecule is CCC(F)(CCNCC1(CC(C)C)CC1)CN1CCC(N2CCN(C(C)C)CC2)CC1. The summed E-state index contributed by atoms with van der Waals surface area (Å²) in [6, 6.07) is 1.37. The minimum absolute atomic E-state index is 0.530. The molecule has 0 aromatic heterocycles. The van der Waals surface area contributed by atoms with E-state index in [1.54, 1.807) is 0 Å². The average Bonchev–Trinajstić information content (AvgIpc) is 3.50. The fourth-order valence-corrected chi connectivity index (χ4v) is 5.99. The van der Waals surface area contributed by atoms with Gasteiger partial charge in [-0.2, -0.15) is 0 Å². The molecule has 0 bridgehead atoms. The van der Waals surface area contributed by atoms with Gasteiger partial charge in [0, 0.05) is 51.4 Å². The molecule has 31 heavy (non-hydrogen) atoms. The summed E-state index contributed by atoms with van der Waals surface area (Å²) in [5.74, 6) is 0.766. The fourth-order valence-electron chi connectivity index (χ4n) is 5.99. The molecular formula is C26H51FN4. The van der Waals surface area contributed by atoms with Crippen LogP contribution in [0.1, 0.15) is 79.6 Å². The molecule has 2 heterocycles. The Morgan fingerprint density at radius 1 is 1.00 bits per heavy atom. The smallest absolute Gasteiger partial charge is 0.124 e. The summed E-state index contributed by atoms with van der Waals surface area (Å²) >= 11 is 0. The van der Waals surface area contributed by atoms with E-state index in [4.69, 9.17) is 0 Å². The van der Waals surface area contributed by atoms with Crippen LogP contribution in [0, 0.1) is 11.3 Å². The van der Waals surface area contributed by atoms with Crippen LogP contribution in [-0.2, 0) is 0 Å².